The number of hydrogen-bond donors (Lipinski definition) is 1. The molecule has 1 N–H and O–H groups in total. The van der Waals surface area contributed by atoms with Crippen LogP contribution in [0.1, 0.15) is 18.9 Å². The third-order valence-electron chi connectivity index (χ3n) is 6.01. The van der Waals surface area contributed by atoms with E-state index >= 15 is 0 Å². The fraction of sp³-hybridized carbons (Fsp3) is 0.286. The summed E-state index contributed by atoms with van der Waals surface area (Å²) < 4.78 is 10.7. The van der Waals surface area contributed by atoms with Gasteiger partial charge in [0, 0.05) is 31.4 Å². The van der Waals surface area contributed by atoms with Crippen molar-refractivity contribution >= 4 is 17.6 Å². The first kappa shape index (κ1) is 24.8. The number of nitrogens with zero attached hydrogens (tertiary/aromatic N) is 2. The van der Waals surface area contributed by atoms with Crippen LogP contribution in [-0.2, 0) is 9.53 Å². The summed E-state index contributed by atoms with van der Waals surface area (Å²) in [5.74, 6) is 1.33. The zero-order valence-corrected chi connectivity index (χ0v) is 20.2. The molecule has 1 aromatic rings. The Bertz CT molecular complexity index is 1120. The molecule has 0 fully saturated rings. The standard InChI is InChI=1S/C28H32N2O4/c1-19-16-26(32)23(18-31)17-29-14-15-30(3)28(19)27(22-8-12-25(34-5)13-9-22)20(2)21-6-10-24(33-4)11-7-21/h6-8,10-13,16-18,22,31H,2,9,14-15H2,1,3-5H3/b19-16+,23-18-,28-27+,29-17?. The van der Waals surface area contributed by atoms with E-state index in [0.29, 0.717) is 13.1 Å². The molecule has 0 spiro atoms. The van der Waals surface area contributed by atoms with Crippen LogP contribution < -0.4 is 4.74 Å². The molecule has 34 heavy (non-hydrogen) atoms. The average Bonchev–Trinajstić information content (AvgIpc) is 2.86. The van der Waals surface area contributed by atoms with Crippen LogP contribution in [0.4, 0.5) is 0 Å². The van der Waals surface area contributed by atoms with Gasteiger partial charge in [0.2, 0.25) is 0 Å². The van der Waals surface area contributed by atoms with Gasteiger partial charge in [-0.15, -0.1) is 0 Å². The van der Waals surface area contributed by atoms with Crippen LogP contribution in [0.25, 0.3) is 5.57 Å². The molecule has 6 nitrogen and oxygen atoms in total. The first-order valence-corrected chi connectivity index (χ1v) is 11.2. The summed E-state index contributed by atoms with van der Waals surface area (Å²) in [6, 6.07) is 7.81. The lowest BCUT2D eigenvalue weighted by molar-refractivity contribution is -0.111. The fourth-order valence-corrected chi connectivity index (χ4v) is 4.17. The molecule has 1 atom stereocenters. The lowest BCUT2D eigenvalue weighted by Gasteiger charge is -2.31. The van der Waals surface area contributed by atoms with Crippen molar-refractivity contribution in [3.8, 4) is 5.75 Å². The Balaban J connectivity index is 2.19. The number of carbonyl (C=O) groups excluding carboxylic acids is 1. The van der Waals surface area contributed by atoms with Crippen LogP contribution >= 0.6 is 0 Å². The number of hydrogen-bond acceptors (Lipinski definition) is 6. The Kier molecular flexibility index (Phi) is 8.30. The minimum Gasteiger partial charge on any atom is -0.515 e. The smallest absolute Gasteiger partial charge is 0.190 e. The number of ether oxygens (including phenoxy) is 2. The highest BCUT2D eigenvalue weighted by molar-refractivity contribution is 6.18. The second kappa shape index (κ2) is 11.4. The molecular weight excluding hydrogens is 428 g/mol. The molecule has 1 aliphatic carbocycles. The topological polar surface area (TPSA) is 71.4 Å². The largest absolute Gasteiger partial charge is 0.515 e. The SMILES string of the molecule is C=C(/C(=C1/C(C)=C/C(=O)/C(=C\O)C=NCCN1C)C1C=CC(OC)=CC1)c1ccc(OC)cc1. The first-order chi connectivity index (χ1) is 16.4. The van der Waals surface area contributed by atoms with Crippen molar-refractivity contribution in [2.75, 3.05) is 34.4 Å². The maximum atomic E-state index is 12.8. The van der Waals surface area contributed by atoms with E-state index in [2.05, 4.69) is 28.6 Å². The Morgan fingerprint density at radius 2 is 1.97 bits per heavy atom. The number of aliphatic hydroxyl groups excluding tert-OH is 1. The molecule has 3 rings (SSSR count). The summed E-state index contributed by atoms with van der Waals surface area (Å²) in [5, 5.41) is 9.51. The number of ketones is 1. The van der Waals surface area contributed by atoms with Crippen LogP contribution in [0, 0.1) is 5.92 Å². The zero-order chi connectivity index (χ0) is 24.7. The predicted molar refractivity (Wildman–Crippen MR) is 137 cm³/mol. The highest BCUT2D eigenvalue weighted by Crippen LogP contribution is 2.38. The molecule has 0 radical (unpaired) electrons. The number of rotatable bonds is 5. The summed E-state index contributed by atoms with van der Waals surface area (Å²) in [6.07, 6.45) is 10.7. The second-order valence-corrected chi connectivity index (χ2v) is 8.21. The molecule has 0 bridgehead atoms. The molecule has 1 heterocycles. The number of carbonyl (C=O) groups is 1. The Morgan fingerprint density at radius 1 is 1.24 bits per heavy atom. The Hall–Kier alpha value is -3.80. The monoisotopic (exact) mass is 460 g/mol. The maximum absolute atomic E-state index is 12.8. The summed E-state index contributed by atoms with van der Waals surface area (Å²) in [4.78, 5) is 19.2. The molecule has 0 amide bonds. The number of likely N-dealkylation sites (N-methyl/N-ethyl adjacent to an activating group) is 1. The van der Waals surface area contributed by atoms with Crippen LogP contribution in [0.5, 0.6) is 5.75 Å². The van der Waals surface area contributed by atoms with Gasteiger partial charge in [0.05, 0.1) is 32.6 Å². The van der Waals surface area contributed by atoms with Crippen molar-refractivity contribution in [3.63, 3.8) is 0 Å². The molecule has 178 valence electrons. The molecular formula is C28H32N2O4. The normalized spacial score (nSPS) is 23.2. The van der Waals surface area contributed by atoms with Gasteiger partial charge in [0.25, 0.3) is 0 Å². The molecule has 1 aliphatic heterocycles. The third kappa shape index (κ3) is 5.57. The second-order valence-electron chi connectivity index (χ2n) is 8.21. The highest BCUT2D eigenvalue weighted by atomic mass is 16.5. The van der Waals surface area contributed by atoms with Crippen LogP contribution in [-0.4, -0.2) is 56.4 Å². The lowest BCUT2D eigenvalue weighted by Crippen LogP contribution is -2.26. The lowest BCUT2D eigenvalue weighted by atomic mass is 9.82. The van der Waals surface area contributed by atoms with Gasteiger partial charge < -0.3 is 19.5 Å². The summed E-state index contributed by atoms with van der Waals surface area (Å²) in [5.41, 5.74) is 4.73. The van der Waals surface area contributed by atoms with Crippen molar-refractivity contribution in [2.24, 2.45) is 10.9 Å². The quantitative estimate of drug-likeness (QED) is 0.492. The average molecular weight is 461 g/mol. The van der Waals surface area contributed by atoms with E-state index in [1.165, 1.54) is 6.21 Å². The number of methoxy groups -OCH3 is 2. The fourth-order valence-electron chi connectivity index (χ4n) is 4.17. The van der Waals surface area contributed by atoms with E-state index in [1.54, 1.807) is 20.3 Å². The molecule has 0 saturated carbocycles. The van der Waals surface area contributed by atoms with Crippen LogP contribution in [0.15, 0.2) is 94.6 Å². The van der Waals surface area contributed by atoms with Gasteiger partial charge in [-0.2, -0.15) is 0 Å². The first-order valence-electron chi connectivity index (χ1n) is 11.2. The number of benzene rings is 1. The summed E-state index contributed by atoms with van der Waals surface area (Å²) in [6.45, 7) is 7.52. The van der Waals surface area contributed by atoms with Crippen molar-refractivity contribution < 1.29 is 19.4 Å². The molecule has 0 saturated heterocycles. The van der Waals surface area contributed by atoms with Crippen molar-refractivity contribution in [1.82, 2.24) is 4.90 Å². The van der Waals surface area contributed by atoms with E-state index in [9.17, 15) is 9.90 Å². The van der Waals surface area contributed by atoms with Gasteiger partial charge in [0.15, 0.2) is 5.78 Å². The molecule has 1 unspecified atom stereocenters. The van der Waals surface area contributed by atoms with Crippen molar-refractivity contribution in [1.29, 1.82) is 0 Å². The van der Waals surface area contributed by atoms with Gasteiger partial charge in [-0.05, 0) is 66.0 Å². The Morgan fingerprint density at radius 3 is 2.56 bits per heavy atom. The summed E-state index contributed by atoms with van der Waals surface area (Å²) >= 11 is 0. The van der Waals surface area contributed by atoms with E-state index in [1.807, 2.05) is 44.3 Å². The summed E-state index contributed by atoms with van der Waals surface area (Å²) in [7, 11) is 5.30. The number of aliphatic hydroxyl groups is 1. The van der Waals surface area contributed by atoms with Gasteiger partial charge in [-0.25, -0.2) is 0 Å². The Labute approximate surface area is 201 Å². The van der Waals surface area contributed by atoms with E-state index in [-0.39, 0.29) is 17.3 Å². The molecule has 1 aromatic carbocycles. The van der Waals surface area contributed by atoms with Crippen molar-refractivity contribution in [3.05, 3.63) is 95.1 Å². The molecule has 0 aromatic heterocycles. The van der Waals surface area contributed by atoms with Gasteiger partial charge in [-0.1, -0.05) is 24.8 Å². The predicted octanol–water partition coefficient (Wildman–Crippen LogP) is 5.04. The van der Waals surface area contributed by atoms with E-state index in [4.69, 9.17) is 9.47 Å². The van der Waals surface area contributed by atoms with Gasteiger partial charge >= 0.3 is 0 Å². The van der Waals surface area contributed by atoms with Crippen molar-refractivity contribution in [2.45, 2.75) is 13.3 Å². The third-order valence-corrected chi connectivity index (χ3v) is 6.01. The maximum Gasteiger partial charge on any atom is 0.190 e. The van der Waals surface area contributed by atoms with Gasteiger partial charge in [-0.3, -0.25) is 9.79 Å². The van der Waals surface area contributed by atoms with Gasteiger partial charge in [0.1, 0.15) is 11.5 Å². The molecule has 2 aliphatic rings. The molecule has 6 heteroatoms. The number of allylic oxidation sites excluding steroid dienone is 8. The number of aliphatic imine (C=N–C) groups is 1. The van der Waals surface area contributed by atoms with Crippen LogP contribution in [0.3, 0.4) is 0 Å². The zero-order valence-electron chi connectivity index (χ0n) is 20.2. The minimum absolute atomic E-state index is 0.0312. The van der Waals surface area contributed by atoms with E-state index in [0.717, 1.165) is 52.2 Å². The minimum atomic E-state index is -0.299. The highest BCUT2D eigenvalue weighted by Gasteiger charge is 2.25. The van der Waals surface area contributed by atoms with Crippen LogP contribution in [0.2, 0.25) is 0 Å². The van der Waals surface area contributed by atoms with E-state index < -0.39 is 0 Å².